The van der Waals surface area contributed by atoms with Crippen molar-refractivity contribution in [2.45, 2.75) is 31.3 Å². The van der Waals surface area contributed by atoms with Gasteiger partial charge in [0.05, 0.1) is 22.2 Å². The molecule has 2 aromatic heterocycles. The van der Waals surface area contributed by atoms with Crippen LogP contribution in [0, 0.1) is 0 Å². The summed E-state index contributed by atoms with van der Waals surface area (Å²) in [6, 6.07) is 11.0. The van der Waals surface area contributed by atoms with Crippen molar-refractivity contribution in [2.24, 2.45) is 0 Å². The highest BCUT2D eigenvalue weighted by atomic mass is 35.5. The fourth-order valence-corrected chi connectivity index (χ4v) is 3.95. The Labute approximate surface area is 162 Å². The fourth-order valence-electron chi connectivity index (χ4n) is 2.54. The summed E-state index contributed by atoms with van der Waals surface area (Å²) in [5.74, 6) is 0. The van der Waals surface area contributed by atoms with E-state index in [0.29, 0.717) is 22.9 Å². The van der Waals surface area contributed by atoms with Crippen LogP contribution >= 0.6 is 11.6 Å². The topological polar surface area (TPSA) is 92.6 Å². The molecule has 0 bridgehead atoms. The number of sulfonamides is 1. The number of pyridine rings is 1. The van der Waals surface area contributed by atoms with Crippen molar-refractivity contribution >= 4 is 33.0 Å². The van der Waals surface area contributed by atoms with Crippen LogP contribution in [0.15, 0.2) is 58.4 Å². The van der Waals surface area contributed by atoms with Gasteiger partial charge >= 0.3 is 0 Å². The summed E-state index contributed by atoms with van der Waals surface area (Å²) in [4.78, 5) is 16.8. The van der Waals surface area contributed by atoms with Crippen LogP contribution in [0.5, 0.6) is 0 Å². The molecule has 0 aliphatic heterocycles. The number of aromatic nitrogens is 2. The van der Waals surface area contributed by atoms with Crippen LogP contribution in [0.2, 0.25) is 5.02 Å². The Morgan fingerprint density at radius 3 is 2.52 bits per heavy atom. The first kappa shape index (κ1) is 19.3. The summed E-state index contributed by atoms with van der Waals surface area (Å²) >= 11 is 5.90. The van der Waals surface area contributed by atoms with Crippen molar-refractivity contribution in [2.75, 3.05) is 5.32 Å². The van der Waals surface area contributed by atoms with Crippen LogP contribution in [-0.2, 0) is 16.6 Å². The SMILES string of the molecule is CC(C)NS(=O)(=O)c1ccc(NCc2cc(=O)n3cc(Cl)ccc3n2)cc1. The summed E-state index contributed by atoms with van der Waals surface area (Å²) in [6.45, 7) is 3.85. The maximum Gasteiger partial charge on any atom is 0.258 e. The second-order valence-corrected chi connectivity index (χ2v) is 8.47. The molecule has 0 saturated heterocycles. The molecule has 142 valence electrons. The number of anilines is 1. The van der Waals surface area contributed by atoms with E-state index in [0.717, 1.165) is 5.69 Å². The quantitative estimate of drug-likeness (QED) is 0.656. The van der Waals surface area contributed by atoms with Gasteiger partial charge < -0.3 is 5.32 Å². The monoisotopic (exact) mass is 406 g/mol. The third-order valence-corrected chi connectivity index (χ3v) is 5.60. The minimum atomic E-state index is -3.52. The van der Waals surface area contributed by atoms with Gasteiger partial charge in [-0.05, 0) is 50.2 Å². The van der Waals surface area contributed by atoms with Gasteiger partial charge in [-0.1, -0.05) is 11.6 Å². The molecule has 2 heterocycles. The summed E-state index contributed by atoms with van der Waals surface area (Å²) in [6.07, 6.45) is 1.52. The Morgan fingerprint density at radius 1 is 1.15 bits per heavy atom. The van der Waals surface area contributed by atoms with Crippen LogP contribution < -0.4 is 15.6 Å². The lowest BCUT2D eigenvalue weighted by Crippen LogP contribution is -2.30. The lowest BCUT2D eigenvalue weighted by molar-refractivity contribution is 0.570. The lowest BCUT2D eigenvalue weighted by Gasteiger charge is -2.11. The Morgan fingerprint density at radius 2 is 1.85 bits per heavy atom. The summed E-state index contributed by atoms with van der Waals surface area (Å²) in [5, 5.41) is 3.59. The predicted molar refractivity (Wildman–Crippen MR) is 106 cm³/mol. The lowest BCUT2D eigenvalue weighted by atomic mass is 10.3. The number of rotatable bonds is 6. The van der Waals surface area contributed by atoms with E-state index in [9.17, 15) is 13.2 Å². The molecular formula is C18H19ClN4O3S. The van der Waals surface area contributed by atoms with Gasteiger partial charge in [0.25, 0.3) is 5.56 Å². The van der Waals surface area contributed by atoms with Crippen LogP contribution in [0.3, 0.4) is 0 Å². The number of nitrogens with one attached hydrogen (secondary N) is 2. The average molecular weight is 407 g/mol. The van der Waals surface area contributed by atoms with Crippen molar-refractivity contribution in [1.82, 2.24) is 14.1 Å². The van der Waals surface area contributed by atoms with E-state index in [4.69, 9.17) is 11.6 Å². The third-order valence-electron chi connectivity index (χ3n) is 3.71. The second-order valence-electron chi connectivity index (χ2n) is 6.32. The van der Waals surface area contributed by atoms with Gasteiger partial charge in [-0.25, -0.2) is 18.1 Å². The molecule has 0 amide bonds. The highest BCUT2D eigenvalue weighted by molar-refractivity contribution is 7.89. The minimum Gasteiger partial charge on any atom is -0.379 e. The highest BCUT2D eigenvalue weighted by Gasteiger charge is 2.14. The number of hydrogen-bond acceptors (Lipinski definition) is 5. The largest absolute Gasteiger partial charge is 0.379 e. The number of benzene rings is 1. The van der Waals surface area contributed by atoms with Crippen LogP contribution in [-0.4, -0.2) is 23.8 Å². The molecule has 0 spiro atoms. The molecule has 0 aliphatic rings. The first-order chi connectivity index (χ1) is 12.7. The van der Waals surface area contributed by atoms with Crippen molar-refractivity contribution in [3.63, 3.8) is 0 Å². The van der Waals surface area contributed by atoms with Gasteiger partial charge in [0.2, 0.25) is 10.0 Å². The molecule has 0 saturated carbocycles. The Kier molecular flexibility index (Phi) is 5.50. The second kappa shape index (κ2) is 7.67. The standard InChI is InChI=1S/C18H19ClN4O3S/c1-12(2)22-27(25,26)16-6-4-14(5-7-16)20-10-15-9-18(24)23-11-13(19)3-8-17(23)21-15/h3-9,11-12,20,22H,10H2,1-2H3. The van der Waals surface area contributed by atoms with Crippen LogP contribution in [0.1, 0.15) is 19.5 Å². The van der Waals surface area contributed by atoms with E-state index in [-0.39, 0.29) is 16.5 Å². The molecule has 3 rings (SSSR count). The van der Waals surface area contributed by atoms with Crippen molar-refractivity contribution in [1.29, 1.82) is 0 Å². The molecule has 27 heavy (non-hydrogen) atoms. The number of hydrogen-bond donors (Lipinski definition) is 2. The highest BCUT2D eigenvalue weighted by Crippen LogP contribution is 2.15. The van der Waals surface area contributed by atoms with Gasteiger partial charge in [-0.3, -0.25) is 9.20 Å². The van der Waals surface area contributed by atoms with E-state index >= 15 is 0 Å². The van der Waals surface area contributed by atoms with E-state index < -0.39 is 10.0 Å². The zero-order valence-corrected chi connectivity index (χ0v) is 16.4. The van der Waals surface area contributed by atoms with Crippen LogP contribution in [0.25, 0.3) is 5.65 Å². The molecular weight excluding hydrogens is 388 g/mol. The molecule has 1 aromatic carbocycles. The molecule has 3 aromatic rings. The zero-order valence-electron chi connectivity index (χ0n) is 14.8. The average Bonchev–Trinajstić information content (AvgIpc) is 2.60. The molecule has 0 unspecified atom stereocenters. The molecule has 7 nitrogen and oxygen atoms in total. The van der Waals surface area contributed by atoms with Gasteiger partial charge in [0.15, 0.2) is 0 Å². The predicted octanol–water partition coefficient (Wildman–Crippen LogP) is 2.65. The van der Waals surface area contributed by atoms with E-state index in [2.05, 4.69) is 15.0 Å². The first-order valence-electron chi connectivity index (χ1n) is 8.29. The molecule has 0 fully saturated rings. The zero-order chi connectivity index (χ0) is 19.6. The van der Waals surface area contributed by atoms with Gasteiger partial charge in [-0.2, -0.15) is 0 Å². The maximum absolute atomic E-state index is 12.2. The number of nitrogens with zero attached hydrogens (tertiary/aromatic N) is 2. The smallest absolute Gasteiger partial charge is 0.258 e. The van der Waals surface area contributed by atoms with E-state index in [1.165, 1.54) is 28.8 Å². The molecule has 0 radical (unpaired) electrons. The maximum atomic E-state index is 12.2. The van der Waals surface area contributed by atoms with Crippen molar-refractivity contribution in [3.8, 4) is 0 Å². The van der Waals surface area contributed by atoms with Gasteiger partial charge in [-0.15, -0.1) is 0 Å². The van der Waals surface area contributed by atoms with Crippen LogP contribution in [0.4, 0.5) is 5.69 Å². The Bertz CT molecular complexity index is 1130. The number of halogens is 1. The van der Waals surface area contributed by atoms with E-state index in [1.807, 2.05) is 0 Å². The first-order valence-corrected chi connectivity index (χ1v) is 10.1. The normalized spacial score (nSPS) is 11.9. The molecule has 2 N–H and O–H groups in total. The van der Waals surface area contributed by atoms with Crippen molar-refractivity contribution in [3.05, 3.63) is 69.7 Å². The third kappa shape index (κ3) is 4.65. The summed E-state index contributed by atoms with van der Waals surface area (Å²) < 4.78 is 28.2. The Hall–Kier alpha value is -2.42. The van der Waals surface area contributed by atoms with E-state index in [1.54, 1.807) is 38.1 Å². The van der Waals surface area contributed by atoms with Gasteiger partial charge in [0.1, 0.15) is 5.65 Å². The Balaban J connectivity index is 1.75. The summed E-state index contributed by atoms with van der Waals surface area (Å²) in [7, 11) is -3.52. The minimum absolute atomic E-state index is 0.180. The fraction of sp³-hybridized carbons (Fsp3) is 0.222. The molecule has 9 heteroatoms. The van der Waals surface area contributed by atoms with Crippen molar-refractivity contribution < 1.29 is 8.42 Å². The molecule has 0 aliphatic carbocycles. The number of fused-ring (bicyclic) bond motifs is 1. The molecule has 0 atom stereocenters. The summed E-state index contributed by atoms with van der Waals surface area (Å²) in [5.41, 5.74) is 1.57. The van der Waals surface area contributed by atoms with Gasteiger partial charge in [0, 0.05) is 24.0 Å².